The van der Waals surface area contributed by atoms with Gasteiger partial charge in [0.2, 0.25) is 5.91 Å². The van der Waals surface area contributed by atoms with E-state index in [4.69, 9.17) is 4.74 Å². The van der Waals surface area contributed by atoms with Crippen LogP contribution in [0.2, 0.25) is 0 Å². The van der Waals surface area contributed by atoms with E-state index in [1.807, 2.05) is 50.2 Å². The van der Waals surface area contributed by atoms with Crippen molar-refractivity contribution >= 4 is 18.0 Å². The summed E-state index contributed by atoms with van der Waals surface area (Å²) in [6, 6.07) is 15.2. The number of hydrogen-bond donors (Lipinski definition) is 3. The average molecular weight is 468 g/mol. The first kappa shape index (κ1) is 25.2. The number of carboxylic acids is 1. The van der Waals surface area contributed by atoms with Gasteiger partial charge in [-0.15, -0.1) is 0 Å². The molecule has 0 heterocycles. The van der Waals surface area contributed by atoms with Crippen molar-refractivity contribution in [3.05, 3.63) is 59.7 Å². The van der Waals surface area contributed by atoms with Crippen LogP contribution in [0.1, 0.15) is 30.9 Å². The third kappa shape index (κ3) is 5.94. The van der Waals surface area contributed by atoms with Crippen LogP contribution in [0.3, 0.4) is 0 Å². The van der Waals surface area contributed by atoms with Gasteiger partial charge >= 0.3 is 12.1 Å². The highest BCUT2D eigenvalue weighted by molar-refractivity contribution is 5.85. The van der Waals surface area contributed by atoms with E-state index in [2.05, 4.69) is 22.8 Å². The second-order valence-electron chi connectivity index (χ2n) is 9.22. The number of hydrogen-bond acceptors (Lipinski definition) is 5. The summed E-state index contributed by atoms with van der Waals surface area (Å²) in [6.07, 6.45) is -0.608. The monoisotopic (exact) mass is 467 g/mol. The zero-order valence-corrected chi connectivity index (χ0v) is 20.1. The first-order chi connectivity index (χ1) is 16.2. The predicted molar refractivity (Wildman–Crippen MR) is 130 cm³/mol. The summed E-state index contributed by atoms with van der Waals surface area (Å²) in [7, 11) is 3.47. The van der Waals surface area contributed by atoms with Crippen LogP contribution >= 0.6 is 0 Å². The number of carbonyl (C=O) groups excluding carboxylic acids is 2. The Morgan fingerprint density at radius 1 is 1.00 bits per heavy atom. The van der Waals surface area contributed by atoms with Gasteiger partial charge in [0.05, 0.1) is 5.92 Å². The number of benzene rings is 2. The molecule has 1 aliphatic carbocycles. The molecule has 0 saturated heterocycles. The lowest BCUT2D eigenvalue weighted by Crippen LogP contribution is -2.51. The fourth-order valence-electron chi connectivity index (χ4n) is 4.30. The molecular formula is C26H33N3O5. The molecule has 2 aromatic carbocycles. The fraction of sp³-hybridized carbons (Fsp3) is 0.423. The van der Waals surface area contributed by atoms with Gasteiger partial charge < -0.3 is 25.4 Å². The Hall–Kier alpha value is -3.39. The van der Waals surface area contributed by atoms with E-state index in [9.17, 15) is 19.5 Å². The maximum Gasteiger partial charge on any atom is 0.407 e. The van der Waals surface area contributed by atoms with Crippen molar-refractivity contribution in [3.63, 3.8) is 0 Å². The molecule has 0 bridgehead atoms. The number of amides is 2. The van der Waals surface area contributed by atoms with Crippen LogP contribution in [0.4, 0.5) is 4.79 Å². The minimum Gasteiger partial charge on any atom is -0.480 e. The molecule has 3 rings (SSSR count). The summed E-state index contributed by atoms with van der Waals surface area (Å²) in [4.78, 5) is 38.4. The number of likely N-dealkylation sites (N-methyl/N-ethyl adjacent to an activating group) is 1. The highest BCUT2D eigenvalue weighted by Gasteiger charge is 2.30. The number of nitrogens with one attached hydrogen (secondary N) is 2. The third-order valence-electron chi connectivity index (χ3n) is 6.11. The Morgan fingerprint density at radius 3 is 2.06 bits per heavy atom. The molecule has 2 amide bonds. The number of rotatable bonds is 10. The average Bonchev–Trinajstić information content (AvgIpc) is 3.10. The predicted octanol–water partition coefficient (Wildman–Crippen LogP) is 2.93. The summed E-state index contributed by atoms with van der Waals surface area (Å²) in [5, 5.41) is 14.7. The smallest absolute Gasteiger partial charge is 0.407 e. The molecule has 0 fully saturated rings. The zero-order valence-electron chi connectivity index (χ0n) is 20.1. The number of nitrogens with zero attached hydrogens (tertiary/aromatic N) is 1. The van der Waals surface area contributed by atoms with E-state index in [1.54, 1.807) is 19.0 Å². The van der Waals surface area contributed by atoms with Crippen molar-refractivity contribution in [1.82, 2.24) is 15.5 Å². The number of ether oxygens (including phenoxy) is 1. The molecule has 0 saturated carbocycles. The molecular weight excluding hydrogens is 434 g/mol. The van der Waals surface area contributed by atoms with Crippen LogP contribution in [0.5, 0.6) is 0 Å². The van der Waals surface area contributed by atoms with Crippen molar-refractivity contribution in [2.75, 3.05) is 33.8 Å². The van der Waals surface area contributed by atoms with E-state index < -0.39 is 29.9 Å². The molecule has 0 aromatic heterocycles. The lowest BCUT2D eigenvalue weighted by atomic mass is 9.94. The van der Waals surface area contributed by atoms with E-state index in [0.717, 1.165) is 22.3 Å². The molecule has 3 N–H and O–H groups in total. The van der Waals surface area contributed by atoms with E-state index in [1.165, 1.54) is 0 Å². The fourth-order valence-corrected chi connectivity index (χ4v) is 4.30. The van der Waals surface area contributed by atoms with Crippen LogP contribution in [-0.4, -0.2) is 67.8 Å². The number of alkyl carbamates (subject to hydrolysis) is 1. The summed E-state index contributed by atoms with van der Waals surface area (Å²) < 4.78 is 5.54. The van der Waals surface area contributed by atoms with Gasteiger partial charge in [0.15, 0.2) is 0 Å². The van der Waals surface area contributed by atoms with Gasteiger partial charge in [-0.25, -0.2) is 9.59 Å². The van der Waals surface area contributed by atoms with Gasteiger partial charge in [-0.3, -0.25) is 4.79 Å². The minimum atomic E-state index is -1.10. The standard InChI is InChI=1S/C26H33N3O5/c1-16(2)21(24(30)28-23(25(31)32)14-29(3)4)13-27-26(33)34-15-22-19-11-7-5-9-17(19)18-10-6-8-12-20(18)22/h5-12,16,21-23H,13-15H2,1-4H3,(H,27,33)(H,28,30)(H,31,32)/t21?,23-/m0/s1. The van der Waals surface area contributed by atoms with E-state index in [0.29, 0.717) is 0 Å². The second-order valence-corrected chi connectivity index (χ2v) is 9.22. The van der Waals surface area contributed by atoms with Crippen LogP contribution in [0.15, 0.2) is 48.5 Å². The molecule has 0 spiro atoms. The SMILES string of the molecule is CC(C)C(CNC(=O)OCC1c2ccccc2-c2ccccc21)C(=O)N[C@@H](CN(C)C)C(=O)O. The Kier molecular flexibility index (Phi) is 8.28. The largest absolute Gasteiger partial charge is 0.480 e. The quantitative estimate of drug-likeness (QED) is 0.496. The number of carbonyl (C=O) groups is 3. The minimum absolute atomic E-state index is 0.0501. The lowest BCUT2D eigenvalue weighted by molar-refractivity contribution is -0.143. The Bertz CT molecular complexity index is 991. The van der Waals surface area contributed by atoms with Crippen molar-refractivity contribution in [3.8, 4) is 11.1 Å². The first-order valence-electron chi connectivity index (χ1n) is 11.5. The van der Waals surface area contributed by atoms with Crippen LogP contribution in [-0.2, 0) is 14.3 Å². The highest BCUT2D eigenvalue weighted by atomic mass is 16.5. The van der Waals surface area contributed by atoms with Crippen LogP contribution in [0.25, 0.3) is 11.1 Å². The van der Waals surface area contributed by atoms with Gasteiger partial charge in [0.1, 0.15) is 12.6 Å². The first-order valence-corrected chi connectivity index (χ1v) is 11.5. The lowest BCUT2D eigenvalue weighted by Gasteiger charge is -2.24. The van der Waals surface area contributed by atoms with Gasteiger partial charge in [-0.05, 0) is 42.3 Å². The maximum atomic E-state index is 12.8. The van der Waals surface area contributed by atoms with Crippen molar-refractivity contribution in [2.45, 2.75) is 25.8 Å². The van der Waals surface area contributed by atoms with Gasteiger partial charge in [0.25, 0.3) is 0 Å². The molecule has 8 heteroatoms. The summed E-state index contributed by atoms with van der Waals surface area (Å²) in [6.45, 7) is 4.11. The molecule has 34 heavy (non-hydrogen) atoms. The summed E-state index contributed by atoms with van der Waals surface area (Å²) >= 11 is 0. The van der Waals surface area contributed by atoms with Gasteiger partial charge in [0, 0.05) is 19.0 Å². The molecule has 0 aliphatic heterocycles. The molecule has 2 aromatic rings. The summed E-state index contributed by atoms with van der Waals surface area (Å²) in [5.74, 6) is -2.27. The van der Waals surface area contributed by atoms with Crippen molar-refractivity contribution in [2.24, 2.45) is 11.8 Å². The molecule has 182 valence electrons. The summed E-state index contributed by atoms with van der Waals surface area (Å²) in [5.41, 5.74) is 4.54. The topological polar surface area (TPSA) is 108 Å². The molecule has 8 nitrogen and oxygen atoms in total. The number of aliphatic carboxylic acids is 1. The second kappa shape index (κ2) is 11.2. The van der Waals surface area contributed by atoms with Crippen molar-refractivity contribution in [1.29, 1.82) is 0 Å². The third-order valence-corrected chi connectivity index (χ3v) is 6.11. The molecule has 1 unspecified atom stereocenters. The van der Waals surface area contributed by atoms with Crippen LogP contribution in [0, 0.1) is 11.8 Å². The van der Waals surface area contributed by atoms with Gasteiger partial charge in [-0.1, -0.05) is 62.4 Å². The van der Waals surface area contributed by atoms with Crippen molar-refractivity contribution < 1.29 is 24.2 Å². The normalized spacial score (nSPS) is 14.3. The zero-order chi connectivity index (χ0) is 24.8. The molecule has 2 atom stereocenters. The number of carboxylic acid groups (broad SMARTS) is 1. The van der Waals surface area contributed by atoms with Crippen LogP contribution < -0.4 is 10.6 Å². The van der Waals surface area contributed by atoms with E-state index in [-0.39, 0.29) is 31.5 Å². The Balaban J connectivity index is 1.58. The highest BCUT2D eigenvalue weighted by Crippen LogP contribution is 2.44. The van der Waals surface area contributed by atoms with E-state index >= 15 is 0 Å². The molecule has 0 radical (unpaired) electrons. The Labute approximate surface area is 200 Å². The van der Waals surface area contributed by atoms with Gasteiger partial charge in [-0.2, -0.15) is 0 Å². The maximum absolute atomic E-state index is 12.8. The number of fused-ring (bicyclic) bond motifs is 3. The Morgan fingerprint density at radius 2 is 1.56 bits per heavy atom. The molecule has 1 aliphatic rings.